The number of carbonyl (C=O) groups excluding carboxylic acids is 2. The zero-order chi connectivity index (χ0) is 15.7. The molecule has 2 unspecified atom stereocenters. The van der Waals surface area contributed by atoms with E-state index in [0.717, 1.165) is 0 Å². The Morgan fingerprint density at radius 1 is 1.19 bits per heavy atom. The van der Waals surface area contributed by atoms with E-state index in [-0.39, 0.29) is 36.8 Å². The normalized spacial score (nSPS) is 13.3. The van der Waals surface area contributed by atoms with Gasteiger partial charge in [0.15, 0.2) is 0 Å². The molecule has 0 aliphatic carbocycles. The maximum Gasteiger partial charge on any atom is 0.251 e. The minimum atomic E-state index is -0.231. The highest BCUT2D eigenvalue weighted by Gasteiger charge is 2.13. The van der Waals surface area contributed by atoms with Gasteiger partial charge in [0.2, 0.25) is 5.91 Å². The third kappa shape index (κ3) is 6.90. The molecule has 2 amide bonds. The second-order valence-electron chi connectivity index (χ2n) is 5.37. The molecular formula is C16H24N2O3. The summed E-state index contributed by atoms with van der Waals surface area (Å²) in [5, 5.41) is 14.4. The van der Waals surface area contributed by atoms with Crippen molar-refractivity contribution in [2.45, 2.75) is 32.7 Å². The van der Waals surface area contributed by atoms with Crippen LogP contribution in [0.4, 0.5) is 0 Å². The fourth-order valence-corrected chi connectivity index (χ4v) is 1.91. The maximum absolute atomic E-state index is 11.9. The van der Waals surface area contributed by atoms with Gasteiger partial charge >= 0.3 is 0 Å². The lowest BCUT2D eigenvalue weighted by atomic mass is 10.1. The van der Waals surface area contributed by atoms with Gasteiger partial charge in [-0.25, -0.2) is 0 Å². The van der Waals surface area contributed by atoms with Crippen LogP contribution >= 0.6 is 0 Å². The molecule has 0 aromatic heterocycles. The maximum atomic E-state index is 11.9. The molecule has 1 aromatic carbocycles. The van der Waals surface area contributed by atoms with Crippen LogP contribution in [0.15, 0.2) is 30.3 Å². The monoisotopic (exact) mass is 292 g/mol. The molecule has 0 spiro atoms. The zero-order valence-corrected chi connectivity index (χ0v) is 12.6. The molecule has 0 bridgehead atoms. The molecule has 0 aliphatic rings. The first-order valence-corrected chi connectivity index (χ1v) is 7.26. The summed E-state index contributed by atoms with van der Waals surface area (Å²) in [4.78, 5) is 23.7. The van der Waals surface area contributed by atoms with Crippen molar-refractivity contribution < 1.29 is 14.7 Å². The number of hydrogen-bond acceptors (Lipinski definition) is 3. The molecule has 5 nitrogen and oxygen atoms in total. The third-order valence-corrected chi connectivity index (χ3v) is 3.17. The van der Waals surface area contributed by atoms with E-state index in [2.05, 4.69) is 10.6 Å². The number of benzene rings is 1. The van der Waals surface area contributed by atoms with Gasteiger partial charge in [0.25, 0.3) is 5.91 Å². The van der Waals surface area contributed by atoms with Gasteiger partial charge in [0.1, 0.15) is 0 Å². The first kappa shape index (κ1) is 17.2. The lowest BCUT2D eigenvalue weighted by molar-refractivity contribution is -0.121. The largest absolute Gasteiger partial charge is 0.396 e. The van der Waals surface area contributed by atoms with Gasteiger partial charge in [-0.05, 0) is 31.4 Å². The van der Waals surface area contributed by atoms with E-state index in [1.807, 2.05) is 13.0 Å². The Morgan fingerprint density at radius 2 is 1.86 bits per heavy atom. The van der Waals surface area contributed by atoms with Crippen LogP contribution in [0.2, 0.25) is 0 Å². The van der Waals surface area contributed by atoms with E-state index in [4.69, 9.17) is 5.11 Å². The molecule has 2 atom stereocenters. The van der Waals surface area contributed by atoms with E-state index < -0.39 is 0 Å². The Morgan fingerprint density at radius 3 is 2.48 bits per heavy atom. The molecule has 0 aliphatic heterocycles. The minimum Gasteiger partial charge on any atom is -0.396 e. The molecule has 116 valence electrons. The van der Waals surface area contributed by atoms with Crippen molar-refractivity contribution >= 4 is 11.8 Å². The third-order valence-electron chi connectivity index (χ3n) is 3.17. The average Bonchev–Trinajstić information content (AvgIpc) is 2.46. The van der Waals surface area contributed by atoms with Gasteiger partial charge in [-0.15, -0.1) is 0 Å². The average molecular weight is 292 g/mol. The van der Waals surface area contributed by atoms with Crippen molar-refractivity contribution in [1.82, 2.24) is 10.6 Å². The van der Waals surface area contributed by atoms with Crippen molar-refractivity contribution in [2.24, 2.45) is 5.92 Å². The summed E-state index contributed by atoms with van der Waals surface area (Å²) >= 11 is 0. The van der Waals surface area contributed by atoms with E-state index in [1.165, 1.54) is 0 Å². The molecule has 0 saturated carbocycles. The molecule has 1 aromatic rings. The number of rotatable bonds is 8. The zero-order valence-electron chi connectivity index (χ0n) is 12.6. The summed E-state index contributed by atoms with van der Waals surface area (Å²) in [5.74, 6) is -0.0293. The van der Waals surface area contributed by atoms with Crippen LogP contribution in [0, 0.1) is 5.92 Å². The lowest BCUT2D eigenvalue weighted by Gasteiger charge is -2.15. The molecule has 3 N–H and O–H groups in total. The van der Waals surface area contributed by atoms with Gasteiger partial charge in [0.05, 0.1) is 0 Å². The highest BCUT2D eigenvalue weighted by Crippen LogP contribution is 2.01. The lowest BCUT2D eigenvalue weighted by Crippen LogP contribution is -2.38. The summed E-state index contributed by atoms with van der Waals surface area (Å²) < 4.78 is 0. The van der Waals surface area contributed by atoms with Crippen LogP contribution in [-0.4, -0.2) is 36.1 Å². The number of aliphatic hydroxyl groups is 1. The van der Waals surface area contributed by atoms with Crippen molar-refractivity contribution in [3.05, 3.63) is 35.9 Å². The Kier molecular flexibility index (Phi) is 7.46. The highest BCUT2D eigenvalue weighted by molar-refractivity contribution is 5.94. The number of aliphatic hydroxyl groups excluding tert-OH is 1. The van der Waals surface area contributed by atoms with Crippen molar-refractivity contribution in [3.8, 4) is 0 Å². The second kappa shape index (κ2) is 9.13. The fourth-order valence-electron chi connectivity index (χ4n) is 1.91. The molecule has 5 heteroatoms. The number of amides is 2. The van der Waals surface area contributed by atoms with Crippen LogP contribution in [0.25, 0.3) is 0 Å². The van der Waals surface area contributed by atoms with Crippen molar-refractivity contribution in [2.75, 3.05) is 13.2 Å². The number of nitrogens with one attached hydrogen (secondary N) is 2. The SMILES string of the molecule is CC(CCO)CNC(=O)CC(C)NC(=O)c1ccccc1. The minimum absolute atomic E-state index is 0.0966. The van der Waals surface area contributed by atoms with Gasteiger partial charge in [-0.1, -0.05) is 25.1 Å². The Hall–Kier alpha value is -1.88. The predicted octanol–water partition coefficient (Wildman–Crippen LogP) is 1.33. The Balaban J connectivity index is 2.31. The first-order chi connectivity index (χ1) is 10.0. The van der Waals surface area contributed by atoms with Gasteiger partial charge < -0.3 is 15.7 Å². The quantitative estimate of drug-likeness (QED) is 0.676. The smallest absolute Gasteiger partial charge is 0.251 e. The van der Waals surface area contributed by atoms with Crippen LogP contribution < -0.4 is 10.6 Å². The highest BCUT2D eigenvalue weighted by atomic mass is 16.3. The molecule has 0 heterocycles. The van der Waals surface area contributed by atoms with Crippen LogP contribution in [0.5, 0.6) is 0 Å². The molecule has 0 saturated heterocycles. The topological polar surface area (TPSA) is 78.4 Å². The van der Waals surface area contributed by atoms with Crippen molar-refractivity contribution in [1.29, 1.82) is 0 Å². The van der Waals surface area contributed by atoms with Crippen LogP contribution in [0.1, 0.15) is 37.0 Å². The Labute approximate surface area is 125 Å². The fraction of sp³-hybridized carbons (Fsp3) is 0.500. The van der Waals surface area contributed by atoms with E-state index >= 15 is 0 Å². The van der Waals surface area contributed by atoms with Gasteiger partial charge in [-0.3, -0.25) is 9.59 Å². The van der Waals surface area contributed by atoms with E-state index in [9.17, 15) is 9.59 Å². The number of hydrogen-bond donors (Lipinski definition) is 3. The summed E-state index contributed by atoms with van der Waals surface area (Å²) in [6.07, 6.45) is 0.908. The molecule has 1 rings (SSSR count). The standard InChI is InChI=1S/C16H24N2O3/c1-12(8-9-19)11-17-15(20)10-13(2)18-16(21)14-6-4-3-5-7-14/h3-7,12-13,19H,8-11H2,1-2H3,(H,17,20)(H,18,21). The van der Waals surface area contributed by atoms with Crippen LogP contribution in [0.3, 0.4) is 0 Å². The summed E-state index contributed by atoms with van der Waals surface area (Å²) in [6.45, 7) is 4.44. The summed E-state index contributed by atoms with van der Waals surface area (Å²) in [5.41, 5.74) is 0.585. The van der Waals surface area contributed by atoms with Gasteiger partial charge in [-0.2, -0.15) is 0 Å². The van der Waals surface area contributed by atoms with Crippen molar-refractivity contribution in [3.63, 3.8) is 0 Å². The first-order valence-electron chi connectivity index (χ1n) is 7.26. The predicted molar refractivity (Wildman–Crippen MR) is 81.9 cm³/mol. The second-order valence-corrected chi connectivity index (χ2v) is 5.37. The molecule has 0 radical (unpaired) electrons. The molecular weight excluding hydrogens is 268 g/mol. The summed E-state index contributed by atoms with van der Waals surface area (Å²) in [6, 6.07) is 8.69. The Bertz CT molecular complexity index is 448. The van der Waals surface area contributed by atoms with E-state index in [1.54, 1.807) is 31.2 Å². The number of carbonyl (C=O) groups is 2. The van der Waals surface area contributed by atoms with E-state index in [0.29, 0.717) is 18.5 Å². The molecule has 0 fully saturated rings. The van der Waals surface area contributed by atoms with Crippen LogP contribution in [-0.2, 0) is 4.79 Å². The summed E-state index contributed by atoms with van der Waals surface area (Å²) in [7, 11) is 0. The van der Waals surface area contributed by atoms with Gasteiger partial charge in [0, 0.05) is 31.2 Å². The molecule has 21 heavy (non-hydrogen) atoms.